The average molecular weight is 495 g/mol. The number of ether oxygens (including phenoxy) is 1. The van der Waals surface area contributed by atoms with E-state index in [4.69, 9.17) is 4.74 Å². The van der Waals surface area contributed by atoms with Gasteiger partial charge in [-0.2, -0.15) is 0 Å². The number of phenolic OH excluding ortho intramolecular Hbond substituents is 1. The SMILES string of the molecule is COc1cc2c(cc1F)NC1C2C[C@@]2(C)C(=O)N(CCN3CCCC3)C(=O)N2[C@@H]1c1cccc(O)c1. The van der Waals surface area contributed by atoms with Crippen LogP contribution in [0.15, 0.2) is 36.4 Å². The highest BCUT2D eigenvalue weighted by Gasteiger charge is 2.64. The third-order valence-electron chi connectivity index (χ3n) is 8.44. The zero-order chi connectivity index (χ0) is 25.2. The predicted octanol–water partition coefficient (Wildman–Crippen LogP) is 3.68. The minimum absolute atomic E-state index is 0.0865. The summed E-state index contributed by atoms with van der Waals surface area (Å²) >= 11 is 0. The van der Waals surface area contributed by atoms with Crippen molar-refractivity contribution in [3.8, 4) is 11.5 Å². The zero-order valence-corrected chi connectivity index (χ0v) is 20.5. The number of amides is 3. The third kappa shape index (κ3) is 3.36. The topological polar surface area (TPSA) is 85.4 Å². The van der Waals surface area contributed by atoms with E-state index in [1.54, 1.807) is 29.2 Å². The minimum atomic E-state index is -1.07. The number of phenols is 1. The fourth-order valence-corrected chi connectivity index (χ4v) is 6.70. The van der Waals surface area contributed by atoms with Gasteiger partial charge in [0.2, 0.25) is 0 Å². The molecule has 0 aliphatic carbocycles. The van der Waals surface area contributed by atoms with Crippen molar-refractivity contribution in [3.05, 3.63) is 53.3 Å². The van der Waals surface area contributed by atoms with E-state index in [2.05, 4.69) is 10.2 Å². The number of likely N-dealkylation sites (tertiary alicyclic amines) is 1. The molecule has 0 radical (unpaired) electrons. The van der Waals surface area contributed by atoms with Crippen LogP contribution in [0, 0.1) is 5.82 Å². The molecule has 4 heterocycles. The van der Waals surface area contributed by atoms with Crippen LogP contribution in [0.2, 0.25) is 0 Å². The maximum absolute atomic E-state index is 14.6. The maximum Gasteiger partial charge on any atom is 0.328 e. The third-order valence-corrected chi connectivity index (χ3v) is 8.44. The summed E-state index contributed by atoms with van der Waals surface area (Å²) in [4.78, 5) is 33.2. The summed E-state index contributed by atoms with van der Waals surface area (Å²) in [7, 11) is 1.43. The van der Waals surface area contributed by atoms with E-state index >= 15 is 0 Å². The van der Waals surface area contributed by atoms with Gasteiger partial charge in [0, 0.05) is 30.8 Å². The Kier molecular flexibility index (Phi) is 5.37. The van der Waals surface area contributed by atoms with Gasteiger partial charge in [-0.25, -0.2) is 9.18 Å². The van der Waals surface area contributed by atoms with Crippen LogP contribution >= 0.6 is 0 Å². The largest absolute Gasteiger partial charge is 0.508 e. The van der Waals surface area contributed by atoms with Gasteiger partial charge in [-0.1, -0.05) is 12.1 Å². The van der Waals surface area contributed by atoms with Gasteiger partial charge in [0.25, 0.3) is 5.91 Å². The van der Waals surface area contributed by atoms with Crippen molar-refractivity contribution in [1.82, 2.24) is 14.7 Å². The number of hydrogen-bond acceptors (Lipinski definition) is 6. The predicted molar refractivity (Wildman–Crippen MR) is 132 cm³/mol. The van der Waals surface area contributed by atoms with Crippen LogP contribution in [-0.2, 0) is 4.79 Å². The molecule has 4 aliphatic rings. The van der Waals surface area contributed by atoms with E-state index in [0.29, 0.717) is 25.2 Å². The summed E-state index contributed by atoms with van der Waals surface area (Å²) < 4.78 is 19.8. The Morgan fingerprint density at radius 3 is 2.67 bits per heavy atom. The standard InChI is InChI=1S/C27H31FN4O4/c1-27-15-19-18-13-22(36-2)20(28)14-21(18)29-23(19)24(16-6-5-7-17(33)12-16)32(27)26(35)31(25(27)34)11-10-30-8-3-4-9-30/h5-7,12-14,19,23-24,29,33H,3-4,8-11,15H2,1-2H3/t19?,23?,24-,27+/m1/s1. The number of hydrogen-bond donors (Lipinski definition) is 2. The second kappa shape index (κ2) is 8.37. The molecule has 3 fully saturated rings. The number of carbonyl (C=O) groups excluding carboxylic acids is 2. The first kappa shape index (κ1) is 23.1. The van der Waals surface area contributed by atoms with Gasteiger partial charge in [-0.05, 0) is 68.6 Å². The van der Waals surface area contributed by atoms with Gasteiger partial charge >= 0.3 is 6.03 Å². The van der Waals surface area contributed by atoms with Crippen molar-refractivity contribution < 1.29 is 23.8 Å². The van der Waals surface area contributed by atoms with Crippen LogP contribution in [0.5, 0.6) is 11.5 Å². The van der Waals surface area contributed by atoms with E-state index in [9.17, 15) is 19.1 Å². The molecule has 8 nitrogen and oxygen atoms in total. The van der Waals surface area contributed by atoms with Gasteiger partial charge < -0.3 is 25.0 Å². The van der Waals surface area contributed by atoms with Crippen molar-refractivity contribution >= 4 is 17.6 Å². The molecule has 2 N–H and O–H groups in total. The Morgan fingerprint density at radius 2 is 1.94 bits per heavy atom. The number of nitrogens with one attached hydrogen (secondary N) is 1. The molecule has 4 aliphatic heterocycles. The molecule has 2 aromatic rings. The molecule has 190 valence electrons. The maximum atomic E-state index is 14.6. The quantitative estimate of drug-likeness (QED) is 0.617. The number of methoxy groups -OCH3 is 1. The first-order chi connectivity index (χ1) is 17.3. The number of carbonyl (C=O) groups is 2. The number of anilines is 1. The molecule has 3 saturated heterocycles. The lowest BCUT2D eigenvalue weighted by atomic mass is 9.72. The lowest BCUT2D eigenvalue weighted by molar-refractivity contribution is -0.135. The van der Waals surface area contributed by atoms with Gasteiger partial charge in [-0.15, -0.1) is 0 Å². The fraction of sp³-hybridized carbons (Fsp3) is 0.481. The molecule has 2 unspecified atom stereocenters. The Hall–Kier alpha value is -3.33. The van der Waals surface area contributed by atoms with Gasteiger partial charge in [-0.3, -0.25) is 9.69 Å². The normalized spacial score (nSPS) is 29.2. The van der Waals surface area contributed by atoms with E-state index in [1.165, 1.54) is 18.1 Å². The van der Waals surface area contributed by atoms with Crippen LogP contribution in [0.4, 0.5) is 14.9 Å². The summed E-state index contributed by atoms with van der Waals surface area (Å²) in [5.74, 6) is -0.582. The van der Waals surface area contributed by atoms with Crippen molar-refractivity contribution in [2.45, 2.75) is 49.7 Å². The van der Waals surface area contributed by atoms with Gasteiger partial charge in [0.05, 0.1) is 19.2 Å². The second-order valence-electron chi connectivity index (χ2n) is 10.5. The Morgan fingerprint density at radius 1 is 1.17 bits per heavy atom. The molecular formula is C27H31FN4O4. The summed E-state index contributed by atoms with van der Waals surface area (Å²) in [5.41, 5.74) is 1.18. The molecule has 0 aromatic heterocycles. The number of urea groups is 1. The number of fused-ring (bicyclic) bond motifs is 4. The van der Waals surface area contributed by atoms with Crippen LogP contribution in [0.3, 0.4) is 0 Å². The van der Waals surface area contributed by atoms with Crippen LogP contribution in [0.1, 0.15) is 49.3 Å². The first-order valence-corrected chi connectivity index (χ1v) is 12.6. The number of imide groups is 1. The number of benzene rings is 2. The number of nitrogens with zero attached hydrogens (tertiary/aromatic N) is 3. The molecule has 3 amide bonds. The monoisotopic (exact) mass is 494 g/mol. The molecule has 0 spiro atoms. The lowest BCUT2D eigenvalue weighted by Crippen LogP contribution is -2.58. The molecule has 9 heteroatoms. The smallest absolute Gasteiger partial charge is 0.328 e. The highest BCUT2D eigenvalue weighted by Crippen LogP contribution is 2.56. The van der Waals surface area contributed by atoms with Crippen molar-refractivity contribution in [2.75, 3.05) is 38.6 Å². The van der Waals surface area contributed by atoms with Crippen molar-refractivity contribution in [3.63, 3.8) is 0 Å². The summed E-state index contributed by atoms with van der Waals surface area (Å²) in [6.45, 7) is 4.85. The Labute approximate surface area is 209 Å². The molecule has 0 saturated carbocycles. The zero-order valence-electron chi connectivity index (χ0n) is 20.5. The van der Waals surface area contributed by atoms with Gasteiger partial charge in [0.15, 0.2) is 11.6 Å². The number of rotatable bonds is 5. The molecular weight excluding hydrogens is 463 g/mol. The lowest BCUT2D eigenvalue weighted by Gasteiger charge is -2.48. The van der Waals surface area contributed by atoms with E-state index < -0.39 is 17.4 Å². The number of piperidine rings is 1. The summed E-state index contributed by atoms with van der Waals surface area (Å²) in [5, 5.41) is 13.7. The molecule has 36 heavy (non-hydrogen) atoms. The first-order valence-electron chi connectivity index (χ1n) is 12.6. The van der Waals surface area contributed by atoms with E-state index in [-0.39, 0.29) is 35.4 Å². The van der Waals surface area contributed by atoms with Crippen molar-refractivity contribution in [2.24, 2.45) is 0 Å². The van der Waals surface area contributed by atoms with E-state index in [1.807, 2.05) is 13.0 Å². The highest BCUT2D eigenvalue weighted by atomic mass is 19.1. The summed E-state index contributed by atoms with van der Waals surface area (Å²) in [6, 6.07) is 8.82. The summed E-state index contributed by atoms with van der Waals surface area (Å²) in [6.07, 6.45) is 2.69. The average Bonchev–Trinajstić information content (AvgIpc) is 3.53. The number of aromatic hydroxyl groups is 1. The molecule has 2 aromatic carbocycles. The molecule has 0 bridgehead atoms. The Balaban J connectivity index is 1.42. The highest BCUT2D eigenvalue weighted by molar-refractivity contribution is 6.07. The van der Waals surface area contributed by atoms with Crippen LogP contribution in [-0.4, -0.2) is 76.6 Å². The van der Waals surface area contributed by atoms with Crippen molar-refractivity contribution in [1.29, 1.82) is 0 Å². The van der Waals surface area contributed by atoms with E-state index in [0.717, 1.165) is 37.1 Å². The fourth-order valence-electron chi connectivity index (χ4n) is 6.70. The minimum Gasteiger partial charge on any atom is -0.508 e. The van der Waals surface area contributed by atoms with Gasteiger partial charge in [0.1, 0.15) is 11.3 Å². The second-order valence-corrected chi connectivity index (χ2v) is 10.5. The number of halogens is 1. The van der Waals surface area contributed by atoms with Crippen LogP contribution < -0.4 is 10.1 Å². The molecule has 4 atom stereocenters. The molecule has 6 rings (SSSR count). The Bertz CT molecular complexity index is 1230. The van der Waals surface area contributed by atoms with Crippen LogP contribution in [0.25, 0.3) is 0 Å².